The Kier molecular flexibility index (Phi) is 6.36. The molecule has 2 aromatic heterocycles. The molecular formula is C25H24Cl2N5O2+. The molecule has 5 rings (SSSR count). The van der Waals surface area contributed by atoms with Gasteiger partial charge < -0.3 is 14.6 Å². The summed E-state index contributed by atoms with van der Waals surface area (Å²) >= 11 is 12.0. The standard InChI is InChI=1S/C25H23Cl2N5O2/c26-20-8-7-16(14-21(20)27)29-25(33)32-11-9-31(10-12-32)24-19(15-28)17-4-1-2-5-18(17)23(30-24)22-6-3-13-34-22/h3,6-8,13-14H,1-2,4-5,9-12H2,(H,29,33)/p+1. The molecule has 2 amide bonds. The normalized spacial score (nSPS) is 15.6. The van der Waals surface area contributed by atoms with Crippen molar-refractivity contribution in [1.82, 2.24) is 4.90 Å². The molecule has 9 heteroatoms. The molecular weight excluding hydrogens is 473 g/mol. The molecule has 1 fully saturated rings. The number of halogens is 2. The maximum Gasteiger partial charge on any atom is 0.322 e. The highest BCUT2D eigenvalue weighted by Gasteiger charge is 2.33. The van der Waals surface area contributed by atoms with Crippen LogP contribution in [0.2, 0.25) is 10.0 Å². The minimum Gasteiger partial charge on any atom is -0.461 e. The second kappa shape index (κ2) is 9.57. The average Bonchev–Trinajstić information content (AvgIpc) is 3.40. The summed E-state index contributed by atoms with van der Waals surface area (Å²) in [5, 5.41) is 13.8. The van der Waals surface area contributed by atoms with Crippen LogP contribution >= 0.6 is 23.2 Å². The van der Waals surface area contributed by atoms with Crippen molar-refractivity contribution in [3.63, 3.8) is 0 Å². The highest BCUT2D eigenvalue weighted by Crippen LogP contribution is 2.34. The topological polar surface area (TPSA) is 86.7 Å². The molecule has 174 valence electrons. The number of nitrogens with zero attached hydrogens (tertiary/aromatic N) is 3. The SMILES string of the molecule is N#Cc1c(N2CCN(C(=O)Nc3ccc(Cl)c(Cl)c3)CC2)[nH+]c(-c2ccco2)c2c1CCCC2. The Morgan fingerprint density at radius 2 is 1.82 bits per heavy atom. The molecule has 0 radical (unpaired) electrons. The lowest BCUT2D eigenvalue weighted by Crippen LogP contribution is -2.51. The highest BCUT2D eigenvalue weighted by molar-refractivity contribution is 6.42. The van der Waals surface area contributed by atoms with E-state index in [4.69, 9.17) is 27.6 Å². The summed E-state index contributed by atoms with van der Waals surface area (Å²) in [5.74, 6) is 1.59. The van der Waals surface area contributed by atoms with Crippen molar-refractivity contribution in [3.8, 4) is 17.5 Å². The lowest BCUT2D eigenvalue weighted by atomic mass is 9.87. The molecule has 0 unspecified atom stereocenters. The summed E-state index contributed by atoms with van der Waals surface area (Å²) < 4.78 is 5.71. The van der Waals surface area contributed by atoms with Crippen LogP contribution in [0, 0.1) is 11.3 Å². The second-order valence-corrected chi connectivity index (χ2v) is 9.32. The Bertz CT molecular complexity index is 1260. The van der Waals surface area contributed by atoms with Crippen LogP contribution in [-0.2, 0) is 12.8 Å². The number of aromatic amines is 1. The van der Waals surface area contributed by atoms with Crippen LogP contribution in [0.3, 0.4) is 0 Å². The lowest BCUT2D eigenvalue weighted by molar-refractivity contribution is -0.353. The minimum atomic E-state index is -0.191. The Hall–Kier alpha value is -3.21. The summed E-state index contributed by atoms with van der Waals surface area (Å²) in [7, 11) is 0. The number of fused-ring (bicyclic) bond motifs is 1. The van der Waals surface area contributed by atoms with Crippen LogP contribution < -0.4 is 15.2 Å². The predicted molar refractivity (Wildman–Crippen MR) is 131 cm³/mol. The van der Waals surface area contributed by atoms with Gasteiger partial charge in [0.05, 0.1) is 29.4 Å². The van der Waals surface area contributed by atoms with E-state index in [0.717, 1.165) is 48.5 Å². The van der Waals surface area contributed by atoms with Gasteiger partial charge in [0.1, 0.15) is 24.7 Å². The van der Waals surface area contributed by atoms with Gasteiger partial charge in [-0.1, -0.05) is 23.2 Å². The van der Waals surface area contributed by atoms with Gasteiger partial charge in [0, 0.05) is 11.3 Å². The number of benzene rings is 1. The molecule has 3 aromatic rings. The van der Waals surface area contributed by atoms with Crippen LogP contribution in [0.25, 0.3) is 11.5 Å². The molecule has 7 nitrogen and oxygen atoms in total. The van der Waals surface area contributed by atoms with Crippen molar-refractivity contribution in [2.45, 2.75) is 25.7 Å². The van der Waals surface area contributed by atoms with E-state index in [-0.39, 0.29) is 6.03 Å². The number of furan rings is 1. The van der Waals surface area contributed by atoms with E-state index >= 15 is 0 Å². The molecule has 1 aliphatic heterocycles. The number of carbonyl (C=O) groups excluding carboxylic acids is 1. The van der Waals surface area contributed by atoms with E-state index in [1.807, 2.05) is 12.1 Å². The molecule has 1 saturated heterocycles. The van der Waals surface area contributed by atoms with Gasteiger partial charge in [0.2, 0.25) is 0 Å². The lowest BCUT2D eigenvalue weighted by Gasteiger charge is -2.32. The number of piperazine rings is 1. The number of urea groups is 1. The van der Waals surface area contributed by atoms with Crippen LogP contribution in [0.4, 0.5) is 16.3 Å². The van der Waals surface area contributed by atoms with Gasteiger partial charge in [-0.2, -0.15) is 5.26 Å². The fourth-order valence-corrected chi connectivity index (χ4v) is 5.05. The van der Waals surface area contributed by atoms with E-state index in [0.29, 0.717) is 47.5 Å². The Balaban J connectivity index is 1.36. The third-order valence-electron chi connectivity index (χ3n) is 6.48. The van der Waals surface area contributed by atoms with Crippen molar-refractivity contribution in [2.24, 2.45) is 0 Å². The quantitative estimate of drug-likeness (QED) is 0.541. The maximum absolute atomic E-state index is 12.8. The Morgan fingerprint density at radius 3 is 2.50 bits per heavy atom. The Morgan fingerprint density at radius 1 is 1.06 bits per heavy atom. The van der Waals surface area contributed by atoms with Crippen molar-refractivity contribution >= 4 is 40.7 Å². The van der Waals surface area contributed by atoms with E-state index in [1.54, 1.807) is 29.4 Å². The van der Waals surface area contributed by atoms with Gasteiger partial charge in [0.15, 0.2) is 11.5 Å². The zero-order valence-corrected chi connectivity index (χ0v) is 20.0. The average molecular weight is 497 g/mol. The first-order valence-corrected chi connectivity index (χ1v) is 12.1. The van der Waals surface area contributed by atoms with Crippen molar-refractivity contribution in [3.05, 3.63) is 63.3 Å². The van der Waals surface area contributed by atoms with Crippen LogP contribution in [0.1, 0.15) is 29.5 Å². The predicted octanol–water partition coefficient (Wildman–Crippen LogP) is 5.17. The summed E-state index contributed by atoms with van der Waals surface area (Å²) in [6, 6.07) is 11.1. The molecule has 2 aliphatic rings. The summed E-state index contributed by atoms with van der Waals surface area (Å²) in [6.45, 7) is 2.27. The monoisotopic (exact) mass is 496 g/mol. The number of rotatable bonds is 3. The van der Waals surface area contributed by atoms with Crippen LogP contribution in [0.15, 0.2) is 41.0 Å². The number of carbonyl (C=O) groups is 1. The van der Waals surface area contributed by atoms with Crippen molar-refractivity contribution in [1.29, 1.82) is 5.26 Å². The fourth-order valence-electron chi connectivity index (χ4n) is 4.75. The van der Waals surface area contributed by atoms with Gasteiger partial charge in [-0.15, -0.1) is 0 Å². The van der Waals surface area contributed by atoms with Gasteiger partial charge in [0.25, 0.3) is 5.82 Å². The third kappa shape index (κ3) is 4.31. The molecule has 34 heavy (non-hydrogen) atoms. The number of aromatic nitrogens is 1. The van der Waals surface area contributed by atoms with Crippen molar-refractivity contribution < 1.29 is 14.2 Å². The molecule has 0 saturated carbocycles. The van der Waals surface area contributed by atoms with E-state index < -0.39 is 0 Å². The van der Waals surface area contributed by atoms with Gasteiger partial charge in [-0.05, 0) is 61.6 Å². The zero-order valence-electron chi connectivity index (χ0n) is 18.5. The summed E-state index contributed by atoms with van der Waals surface area (Å²) in [6.07, 6.45) is 5.66. The molecule has 1 aliphatic carbocycles. The molecule has 0 atom stereocenters. The highest BCUT2D eigenvalue weighted by atomic mass is 35.5. The number of nitriles is 1. The molecule has 1 aromatic carbocycles. The maximum atomic E-state index is 12.8. The van der Waals surface area contributed by atoms with Crippen LogP contribution in [0.5, 0.6) is 0 Å². The number of H-pyrrole nitrogens is 1. The smallest absolute Gasteiger partial charge is 0.322 e. The number of pyridine rings is 1. The number of hydrogen-bond donors (Lipinski definition) is 1. The second-order valence-electron chi connectivity index (χ2n) is 8.51. The largest absolute Gasteiger partial charge is 0.461 e. The molecule has 3 heterocycles. The minimum absolute atomic E-state index is 0.191. The fraction of sp³-hybridized carbons (Fsp3) is 0.320. The first kappa shape index (κ1) is 22.6. The van der Waals surface area contributed by atoms with E-state index in [2.05, 4.69) is 21.3 Å². The molecule has 2 N–H and O–H groups in total. The molecule has 0 bridgehead atoms. The number of anilines is 2. The number of hydrogen-bond acceptors (Lipinski definition) is 4. The number of nitrogens with one attached hydrogen (secondary N) is 2. The summed E-state index contributed by atoms with van der Waals surface area (Å²) in [5.41, 5.74) is 4.56. The molecule has 0 spiro atoms. The van der Waals surface area contributed by atoms with Crippen LogP contribution in [-0.4, -0.2) is 37.1 Å². The van der Waals surface area contributed by atoms with E-state index in [1.165, 1.54) is 5.56 Å². The van der Waals surface area contributed by atoms with E-state index in [9.17, 15) is 10.1 Å². The van der Waals surface area contributed by atoms with Gasteiger partial charge in [-0.25, -0.2) is 9.78 Å². The number of amides is 2. The Labute approximate surface area is 207 Å². The van der Waals surface area contributed by atoms with Gasteiger partial charge >= 0.3 is 6.03 Å². The first-order chi connectivity index (χ1) is 16.5. The van der Waals surface area contributed by atoms with Gasteiger partial charge in [-0.3, -0.25) is 4.90 Å². The summed E-state index contributed by atoms with van der Waals surface area (Å²) in [4.78, 5) is 20.2. The van der Waals surface area contributed by atoms with Crippen molar-refractivity contribution in [2.75, 3.05) is 36.4 Å². The zero-order chi connectivity index (χ0) is 23.7. The first-order valence-electron chi connectivity index (χ1n) is 11.4. The third-order valence-corrected chi connectivity index (χ3v) is 7.22.